The van der Waals surface area contributed by atoms with Gasteiger partial charge in [-0.3, -0.25) is 18.6 Å². The SMILES string of the molecule is CC/C=C\C/C=C\C/C=C\C/C=C\C/C=C\CCCC(=O)OC(CO)COP(=O)(O)OCC(CO)OC(=O)CCCCCCCCCC. The number of carbonyl (C=O) groups is 2. The molecule has 0 bridgehead atoms. The molecule has 3 atom stereocenters. The number of aliphatic hydroxyl groups excluding tert-OH is 2. The molecule has 48 heavy (non-hydrogen) atoms. The first-order valence-corrected chi connectivity index (χ1v) is 19.2. The van der Waals surface area contributed by atoms with E-state index in [2.05, 4.69) is 62.5 Å². The highest BCUT2D eigenvalue weighted by Crippen LogP contribution is 2.43. The van der Waals surface area contributed by atoms with E-state index in [9.17, 15) is 29.3 Å². The Morgan fingerprint density at radius 2 is 0.979 bits per heavy atom. The molecule has 0 aromatic heterocycles. The van der Waals surface area contributed by atoms with Crippen molar-refractivity contribution in [3.05, 3.63) is 60.8 Å². The Kier molecular flexibility index (Phi) is 31.6. The fraction of sp³-hybridized carbons (Fsp3) is 0.676. The Balaban J connectivity index is 4.11. The van der Waals surface area contributed by atoms with E-state index in [0.29, 0.717) is 19.3 Å². The van der Waals surface area contributed by atoms with Crippen LogP contribution in [0.15, 0.2) is 60.8 Å². The highest BCUT2D eigenvalue weighted by atomic mass is 31.2. The van der Waals surface area contributed by atoms with Crippen LogP contribution < -0.4 is 0 Å². The van der Waals surface area contributed by atoms with Gasteiger partial charge in [-0.25, -0.2) is 4.57 Å². The number of unbranched alkanes of at least 4 members (excludes halogenated alkanes) is 8. The maximum atomic E-state index is 12.3. The third-order valence-corrected chi connectivity index (χ3v) is 7.95. The van der Waals surface area contributed by atoms with Crippen LogP contribution in [0.25, 0.3) is 0 Å². The number of hydrogen-bond donors (Lipinski definition) is 3. The summed E-state index contributed by atoms with van der Waals surface area (Å²) in [5.41, 5.74) is 0. The molecule has 0 fully saturated rings. The first-order valence-electron chi connectivity index (χ1n) is 17.7. The molecular weight excluding hydrogens is 635 g/mol. The number of rotatable bonds is 32. The molecule has 0 saturated carbocycles. The van der Waals surface area contributed by atoms with Crippen molar-refractivity contribution in [3.63, 3.8) is 0 Å². The summed E-state index contributed by atoms with van der Waals surface area (Å²) in [5.74, 6) is -1.09. The zero-order chi connectivity index (χ0) is 35.6. The molecule has 0 radical (unpaired) electrons. The lowest BCUT2D eigenvalue weighted by atomic mass is 10.1. The Labute approximate surface area is 289 Å². The largest absolute Gasteiger partial charge is 0.472 e. The third kappa shape index (κ3) is 31.0. The van der Waals surface area contributed by atoms with Gasteiger partial charge in [-0.05, 0) is 51.4 Å². The number of carbonyl (C=O) groups excluding carboxylic acids is 2. The van der Waals surface area contributed by atoms with Crippen LogP contribution in [-0.4, -0.2) is 65.7 Å². The van der Waals surface area contributed by atoms with Gasteiger partial charge in [0.2, 0.25) is 0 Å². The summed E-state index contributed by atoms with van der Waals surface area (Å²) < 4.78 is 32.2. The van der Waals surface area contributed by atoms with Crippen LogP contribution in [0.5, 0.6) is 0 Å². The molecule has 0 aromatic carbocycles. The summed E-state index contributed by atoms with van der Waals surface area (Å²) in [7, 11) is -4.64. The second kappa shape index (κ2) is 33.2. The molecule has 3 N–H and O–H groups in total. The Hall–Kier alpha value is -2.33. The van der Waals surface area contributed by atoms with Crippen molar-refractivity contribution < 1.29 is 47.8 Å². The van der Waals surface area contributed by atoms with Crippen molar-refractivity contribution in [1.29, 1.82) is 0 Å². The quantitative estimate of drug-likeness (QED) is 0.0271. The Bertz CT molecular complexity index is 989. The zero-order valence-electron chi connectivity index (χ0n) is 29.4. The second-order valence-electron chi connectivity index (χ2n) is 11.5. The van der Waals surface area contributed by atoms with Gasteiger partial charge in [0.05, 0.1) is 26.4 Å². The van der Waals surface area contributed by atoms with Gasteiger partial charge in [0, 0.05) is 12.8 Å². The van der Waals surface area contributed by atoms with E-state index in [1.807, 2.05) is 12.2 Å². The van der Waals surface area contributed by atoms with Crippen molar-refractivity contribution in [2.45, 2.75) is 135 Å². The highest BCUT2D eigenvalue weighted by Gasteiger charge is 2.27. The molecule has 0 amide bonds. The van der Waals surface area contributed by atoms with E-state index in [0.717, 1.165) is 51.4 Å². The van der Waals surface area contributed by atoms with Gasteiger partial charge in [0.25, 0.3) is 0 Å². The average Bonchev–Trinajstić information content (AvgIpc) is 3.07. The van der Waals surface area contributed by atoms with Gasteiger partial charge >= 0.3 is 19.8 Å². The topological polar surface area (TPSA) is 149 Å². The van der Waals surface area contributed by atoms with Crippen LogP contribution in [-0.2, 0) is 32.7 Å². The molecule has 10 nitrogen and oxygen atoms in total. The van der Waals surface area contributed by atoms with E-state index in [1.54, 1.807) is 0 Å². The molecule has 11 heteroatoms. The van der Waals surface area contributed by atoms with Gasteiger partial charge in [0.15, 0.2) is 0 Å². The molecule has 0 aliphatic carbocycles. The second-order valence-corrected chi connectivity index (χ2v) is 12.9. The molecular formula is C37H63O10P. The number of ether oxygens (including phenoxy) is 2. The van der Waals surface area contributed by atoms with Crippen LogP contribution in [0.2, 0.25) is 0 Å². The van der Waals surface area contributed by atoms with E-state index in [4.69, 9.17) is 18.5 Å². The van der Waals surface area contributed by atoms with E-state index in [-0.39, 0.29) is 12.8 Å². The lowest BCUT2D eigenvalue weighted by molar-refractivity contribution is -0.153. The minimum absolute atomic E-state index is 0.112. The summed E-state index contributed by atoms with van der Waals surface area (Å²) in [6.07, 6.45) is 33.7. The minimum atomic E-state index is -4.64. The Morgan fingerprint density at radius 3 is 1.42 bits per heavy atom. The first kappa shape index (κ1) is 45.7. The number of hydrogen-bond acceptors (Lipinski definition) is 9. The fourth-order valence-electron chi connectivity index (χ4n) is 4.27. The average molecular weight is 699 g/mol. The molecule has 0 aliphatic rings. The third-order valence-electron chi connectivity index (χ3n) is 6.99. The summed E-state index contributed by atoms with van der Waals surface area (Å²) >= 11 is 0. The number of aliphatic hydroxyl groups is 2. The van der Waals surface area contributed by atoms with Crippen molar-refractivity contribution in [3.8, 4) is 0 Å². The van der Waals surface area contributed by atoms with Gasteiger partial charge in [-0.1, -0.05) is 120 Å². The molecule has 0 aliphatic heterocycles. The maximum absolute atomic E-state index is 12.3. The Morgan fingerprint density at radius 1 is 0.583 bits per heavy atom. The summed E-state index contributed by atoms with van der Waals surface area (Å²) in [5, 5.41) is 19.0. The monoisotopic (exact) mass is 698 g/mol. The van der Waals surface area contributed by atoms with Crippen LogP contribution >= 0.6 is 7.82 Å². The molecule has 3 unspecified atom stereocenters. The van der Waals surface area contributed by atoms with E-state index < -0.39 is 58.4 Å². The number of phosphoric ester groups is 1. The summed E-state index contributed by atoms with van der Waals surface area (Å²) in [6, 6.07) is 0. The van der Waals surface area contributed by atoms with Crippen molar-refractivity contribution >= 4 is 19.8 Å². The smallest absolute Gasteiger partial charge is 0.457 e. The first-order chi connectivity index (χ1) is 23.3. The molecule has 0 spiro atoms. The van der Waals surface area contributed by atoms with Crippen molar-refractivity contribution in [2.75, 3.05) is 26.4 Å². The van der Waals surface area contributed by atoms with Crippen LogP contribution in [0.3, 0.4) is 0 Å². The molecule has 0 rings (SSSR count). The predicted molar refractivity (Wildman–Crippen MR) is 191 cm³/mol. The van der Waals surface area contributed by atoms with Gasteiger partial charge in [-0.15, -0.1) is 0 Å². The van der Waals surface area contributed by atoms with Crippen molar-refractivity contribution in [1.82, 2.24) is 0 Å². The minimum Gasteiger partial charge on any atom is -0.457 e. The number of phosphoric acid groups is 1. The van der Waals surface area contributed by atoms with Gasteiger partial charge in [0.1, 0.15) is 12.2 Å². The van der Waals surface area contributed by atoms with Crippen molar-refractivity contribution in [2.24, 2.45) is 0 Å². The van der Waals surface area contributed by atoms with Crippen LogP contribution in [0.4, 0.5) is 0 Å². The molecule has 0 saturated heterocycles. The number of esters is 2. The number of allylic oxidation sites excluding steroid dienone is 10. The van der Waals surface area contributed by atoms with E-state index in [1.165, 1.54) is 25.7 Å². The maximum Gasteiger partial charge on any atom is 0.472 e. The lowest BCUT2D eigenvalue weighted by Crippen LogP contribution is -2.28. The van der Waals surface area contributed by atoms with Crippen LogP contribution in [0, 0.1) is 0 Å². The summed E-state index contributed by atoms with van der Waals surface area (Å²) in [6.45, 7) is 1.95. The lowest BCUT2D eigenvalue weighted by Gasteiger charge is -2.20. The molecule has 0 aromatic rings. The highest BCUT2D eigenvalue weighted by molar-refractivity contribution is 7.47. The molecule has 0 heterocycles. The van der Waals surface area contributed by atoms with Crippen LogP contribution in [0.1, 0.15) is 123 Å². The standard InChI is InChI=1S/C37H63O10P/c1-3-5-7-9-11-13-14-15-16-17-18-19-20-21-23-25-27-29-37(41)47-35(31-39)33-45-48(42,43)44-32-34(30-38)46-36(40)28-26-24-22-12-10-8-6-4-2/h5,7,11,13,15-16,18-19,21,23,34-35,38-39H,3-4,6,8-10,12,14,17,20,22,24-33H2,1-2H3,(H,42,43)/b7-5-,13-11-,16-15-,19-18-,23-21-. The van der Waals surface area contributed by atoms with E-state index >= 15 is 0 Å². The normalized spacial score (nSPS) is 14.9. The van der Waals surface area contributed by atoms with Gasteiger partial charge < -0.3 is 24.6 Å². The summed E-state index contributed by atoms with van der Waals surface area (Å²) in [4.78, 5) is 34.2. The predicted octanol–water partition coefficient (Wildman–Crippen LogP) is 8.38. The molecule has 276 valence electrons. The zero-order valence-corrected chi connectivity index (χ0v) is 30.3. The fourth-order valence-corrected chi connectivity index (χ4v) is 5.05. The van der Waals surface area contributed by atoms with Gasteiger partial charge in [-0.2, -0.15) is 0 Å².